The number of Topliss-reactive ketones (excluding diaryl/α,β-unsaturated/α-hetero) is 1. The van der Waals surface area contributed by atoms with Crippen LogP contribution < -0.4 is 0 Å². The second-order valence-electron chi connectivity index (χ2n) is 5.73. The average Bonchev–Trinajstić information content (AvgIpc) is 2.93. The molecular formula is C19H12O. The van der Waals surface area contributed by atoms with Crippen LogP contribution in [0.5, 0.6) is 0 Å². The number of benzene rings is 3. The van der Waals surface area contributed by atoms with E-state index in [4.69, 9.17) is 0 Å². The van der Waals surface area contributed by atoms with Crippen molar-refractivity contribution >= 4 is 16.6 Å². The van der Waals surface area contributed by atoms with Gasteiger partial charge in [0.05, 0.1) is 11.8 Å². The Morgan fingerprint density at radius 1 is 0.600 bits per heavy atom. The second kappa shape index (κ2) is 3.37. The van der Waals surface area contributed by atoms with Crippen LogP contribution in [0.1, 0.15) is 34.1 Å². The normalized spacial score (nSPS) is 22.1. The van der Waals surface area contributed by atoms with Gasteiger partial charge in [0, 0.05) is 0 Å². The molecule has 5 rings (SSSR count). The first kappa shape index (κ1) is 10.4. The molecular weight excluding hydrogens is 244 g/mol. The molecule has 2 aliphatic rings. The Kier molecular flexibility index (Phi) is 1.75. The summed E-state index contributed by atoms with van der Waals surface area (Å²) in [5.74, 6) is 0.295. The summed E-state index contributed by atoms with van der Waals surface area (Å²) in [5, 5.41) is 2.45. The maximum absolute atomic E-state index is 12.7. The quantitative estimate of drug-likeness (QED) is 0.594. The lowest BCUT2D eigenvalue weighted by atomic mass is 9.85. The molecule has 20 heavy (non-hydrogen) atoms. The van der Waals surface area contributed by atoms with Crippen molar-refractivity contribution in [3.63, 3.8) is 0 Å². The highest BCUT2D eigenvalue weighted by molar-refractivity contribution is 6.07. The largest absolute Gasteiger partial charge is 0.298 e. The molecule has 2 atom stereocenters. The van der Waals surface area contributed by atoms with Gasteiger partial charge in [0.25, 0.3) is 0 Å². The lowest BCUT2D eigenvalue weighted by Gasteiger charge is -2.18. The van der Waals surface area contributed by atoms with Gasteiger partial charge < -0.3 is 0 Å². The van der Waals surface area contributed by atoms with Gasteiger partial charge in [-0.2, -0.15) is 0 Å². The molecule has 0 aromatic heterocycles. The number of carbonyl (C=O) groups is 1. The number of carbonyl (C=O) groups excluding carboxylic acids is 1. The Bertz CT molecular complexity index is 820. The summed E-state index contributed by atoms with van der Waals surface area (Å²) in [5.41, 5.74) is 4.87. The van der Waals surface area contributed by atoms with Gasteiger partial charge in [-0.15, -0.1) is 0 Å². The molecule has 3 aromatic rings. The molecule has 0 saturated carbocycles. The van der Waals surface area contributed by atoms with Crippen LogP contribution in [0.25, 0.3) is 10.8 Å². The minimum Gasteiger partial charge on any atom is -0.298 e. The third-order valence-corrected chi connectivity index (χ3v) is 4.76. The van der Waals surface area contributed by atoms with Crippen LogP contribution in [-0.4, -0.2) is 5.78 Å². The fourth-order valence-corrected chi connectivity index (χ4v) is 3.93. The summed E-state index contributed by atoms with van der Waals surface area (Å²) in [7, 11) is 0. The summed E-state index contributed by atoms with van der Waals surface area (Å²) in [4.78, 5) is 12.7. The van der Waals surface area contributed by atoms with E-state index in [1.54, 1.807) is 0 Å². The molecule has 94 valence electrons. The standard InChI is InChI=1S/C19H12O/c20-19-17-13-7-3-4-8-14(13)18(19)16-10-12-6-2-1-5-11(12)9-15(16)17/h1-10,17-18H/t17-,18+. The highest BCUT2D eigenvalue weighted by Crippen LogP contribution is 2.54. The van der Waals surface area contributed by atoms with E-state index < -0.39 is 0 Å². The first-order valence-corrected chi connectivity index (χ1v) is 7.00. The van der Waals surface area contributed by atoms with Crippen LogP contribution in [0.2, 0.25) is 0 Å². The summed E-state index contributed by atoms with van der Waals surface area (Å²) in [6, 6.07) is 21.1. The second-order valence-corrected chi connectivity index (χ2v) is 5.73. The maximum atomic E-state index is 12.7. The minimum atomic E-state index is -0.0317. The first-order chi connectivity index (χ1) is 9.84. The van der Waals surface area contributed by atoms with Crippen LogP contribution in [-0.2, 0) is 4.79 Å². The van der Waals surface area contributed by atoms with E-state index in [1.807, 2.05) is 12.1 Å². The zero-order valence-electron chi connectivity index (χ0n) is 10.8. The van der Waals surface area contributed by atoms with Gasteiger partial charge in [-0.3, -0.25) is 4.79 Å². The van der Waals surface area contributed by atoms with Crippen LogP contribution in [0.4, 0.5) is 0 Å². The van der Waals surface area contributed by atoms with Gasteiger partial charge in [-0.25, -0.2) is 0 Å². The maximum Gasteiger partial charge on any atom is 0.156 e. The van der Waals surface area contributed by atoms with Crippen molar-refractivity contribution in [2.45, 2.75) is 11.8 Å². The van der Waals surface area contributed by atoms with Gasteiger partial charge >= 0.3 is 0 Å². The van der Waals surface area contributed by atoms with Gasteiger partial charge in [0.1, 0.15) is 0 Å². The predicted octanol–water partition coefficient (Wildman–Crippen LogP) is 4.00. The van der Waals surface area contributed by atoms with Crippen LogP contribution in [0, 0.1) is 0 Å². The molecule has 2 bridgehead atoms. The first-order valence-electron chi connectivity index (χ1n) is 7.00. The number of rotatable bonds is 0. The third-order valence-electron chi connectivity index (χ3n) is 4.76. The van der Waals surface area contributed by atoms with Crippen molar-refractivity contribution in [2.24, 2.45) is 0 Å². The van der Waals surface area contributed by atoms with Crippen molar-refractivity contribution in [3.8, 4) is 0 Å². The molecule has 0 saturated heterocycles. The van der Waals surface area contributed by atoms with E-state index in [0.29, 0.717) is 5.78 Å². The molecule has 0 radical (unpaired) electrons. The predicted molar refractivity (Wildman–Crippen MR) is 79.1 cm³/mol. The molecule has 0 unspecified atom stereocenters. The van der Waals surface area contributed by atoms with Crippen molar-refractivity contribution in [1.29, 1.82) is 0 Å². The Balaban J connectivity index is 1.87. The van der Waals surface area contributed by atoms with Gasteiger partial charge in [0.15, 0.2) is 5.78 Å². The Hall–Kier alpha value is -2.41. The third kappa shape index (κ3) is 1.07. The van der Waals surface area contributed by atoms with Gasteiger partial charge in [-0.1, -0.05) is 48.5 Å². The molecule has 3 aromatic carbocycles. The summed E-state index contributed by atoms with van der Waals surface area (Å²) in [6.45, 7) is 0. The van der Waals surface area contributed by atoms with E-state index in [0.717, 1.165) is 0 Å². The molecule has 0 N–H and O–H groups in total. The zero-order valence-corrected chi connectivity index (χ0v) is 10.8. The molecule has 0 fully saturated rings. The Morgan fingerprint density at radius 2 is 1.05 bits per heavy atom. The summed E-state index contributed by atoms with van der Waals surface area (Å²) >= 11 is 0. The van der Waals surface area contributed by atoms with Gasteiger partial charge in [-0.05, 0) is 45.2 Å². The molecule has 2 aliphatic carbocycles. The zero-order chi connectivity index (χ0) is 13.3. The van der Waals surface area contributed by atoms with Crippen molar-refractivity contribution in [2.75, 3.05) is 0 Å². The smallest absolute Gasteiger partial charge is 0.156 e. The van der Waals surface area contributed by atoms with E-state index in [9.17, 15) is 4.79 Å². The number of ketones is 1. The van der Waals surface area contributed by atoms with E-state index in [-0.39, 0.29) is 11.8 Å². The Labute approximate surface area is 116 Å². The van der Waals surface area contributed by atoms with Crippen molar-refractivity contribution in [1.82, 2.24) is 0 Å². The molecule has 0 aliphatic heterocycles. The monoisotopic (exact) mass is 256 g/mol. The van der Waals surface area contributed by atoms with Crippen molar-refractivity contribution < 1.29 is 4.79 Å². The minimum absolute atomic E-state index is 0.0317. The SMILES string of the molecule is O=C1[C@@H]2c3ccccc3[C@H]1c1cc3ccccc3cc12. The lowest BCUT2D eigenvalue weighted by Crippen LogP contribution is -2.02. The van der Waals surface area contributed by atoms with E-state index in [2.05, 4.69) is 48.5 Å². The molecule has 1 heteroatoms. The highest BCUT2D eigenvalue weighted by Gasteiger charge is 2.48. The number of hydrogen-bond donors (Lipinski definition) is 0. The van der Waals surface area contributed by atoms with E-state index in [1.165, 1.54) is 33.0 Å². The molecule has 0 spiro atoms. The number of hydrogen-bond acceptors (Lipinski definition) is 1. The summed E-state index contributed by atoms with van der Waals surface area (Å²) in [6.07, 6.45) is 0. The van der Waals surface area contributed by atoms with Crippen LogP contribution in [0.15, 0.2) is 60.7 Å². The molecule has 0 heterocycles. The Morgan fingerprint density at radius 3 is 1.55 bits per heavy atom. The number of fused-ring (bicyclic) bond motifs is 9. The fourth-order valence-electron chi connectivity index (χ4n) is 3.93. The van der Waals surface area contributed by atoms with Crippen molar-refractivity contribution in [3.05, 3.63) is 82.9 Å². The topological polar surface area (TPSA) is 17.1 Å². The van der Waals surface area contributed by atoms with Crippen LogP contribution in [0.3, 0.4) is 0 Å². The van der Waals surface area contributed by atoms with Gasteiger partial charge in [0.2, 0.25) is 0 Å². The average molecular weight is 256 g/mol. The van der Waals surface area contributed by atoms with Crippen LogP contribution >= 0.6 is 0 Å². The molecule has 1 nitrogen and oxygen atoms in total. The molecule has 0 amide bonds. The summed E-state index contributed by atoms with van der Waals surface area (Å²) < 4.78 is 0. The lowest BCUT2D eigenvalue weighted by molar-refractivity contribution is -0.118. The highest BCUT2D eigenvalue weighted by atomic mass is 16.1. The fraction of sp³-hybridized carbons (Fsp3) is 0.105. The van der Waals surface area contributed by atoms with E-state index >= 15 is 0 Å².